The minimum atomic E-state index is -0.439. The van der Waals surface area contributed by atoms with Gasteiger partial charge < -0.3 is 9.88 Å². The van der Waals surface area contributed by atoms with Gasteiger partial charge in [0.2, 0.25) is 5.95 Å². The Morgan fingerprint density at radius 3 is 2.64 bits per heavy atom. The average Bonchev–Trinajstić information content (AvgIpc) is 2.91. The van der Waals surface area contributed by atoms with Crippen molar-refractivity contribution in [3.63, 3.8) is 0 Å². The SMILES string of the molecule is CNCc1cc(-c2cccnc2F)n(Cc2ccccc2)c1. The maximum absolute atomic E-state index is 14.0. The maximum atomic E-state index is 14.0. The van der Waals surface area contributed by atoms with Crippen LogP contribution >= 0.6 is 0 Å². The molecule has 0 spiro atoms. The molecule has 0 radical (unpaired) electrons. The molecule has 0 unspecified atom stereocenters. The van der Waals surface area contributed by atoms with E-state index in [9.17, 15) is 4.39 Å². The number of aromatic nitrogens is 2. The lowest BCUT2D eigenvalue weighted by Gasteiger charge is -2.09. The third kappa shape index (κ3) is 3.07. The summed E-state index contributed by atoms with van der Waals surface area (Å²) in [5.74, 6) is -0.439. The van der Waals surface area contributed by atoms with Gasteiger partial charge in [0.05, 0.1) is 11.3 Å². The molecular weight excluding hydrogens is 277 g/mol. The van der Waals surface area contributed by atoms with Crippen LogP contribution < -0.4 is 5.32 Å². The summed E-state index contributed by atoms with van der Waals surface area (Å²) in [4.78, 5) is 3.76. The van der Waals surface area contributed by atoms with Crippen LogP contribution in [0.3, 0.4) is 0 Å². The van der Waals surface area contributed by atoms with Gasteiger partial charge in [0.15, 0.2) is 0 Å². The number of pyridine rings is 1. The van der Waals surface area contributed by atoms with Crippen molar-refractivity contribution in [2.45, 2.75) is 13.1 Å². The topological polar surface area (TPSA) is 29.9 Å². The van der Waals surface area contributed by atoms with Crippen molar-refractivity contribution >= 4 is 0 Å². The number of hydrogen-bond donors (Lipinski definition) is 1. The molecule has 0 aliphatic heterocycles. The zero-order chi connectivity index (χ0) is 15.4. The quantitative estimate of drug-likeness (QED) is 0.731. The van der Waals surface area contributed by atoms with E-state index in [1.54, 1.807) is 12.1 Å². The van der Waals surface area contributed by atoms with Crippen molar-refractivity contribution in [2.75, 3.05) is 7.05 Å². The van der Waals surface area contributed by atoms with E-state index in [-0.39, 0.29) is 0 Å². The first kappa shape index (κ1) is 14.5. The van der Waals surface area contributed by atoms with E-state index in [1.165, 1.54) is 11.8 Å². The standard InChI is InChI=1S/C18H18FN3/c1-20-11-15-10-17(16-8-5-9-21-18(16)19)22(13-15)12-14-6-3-2-4-7-14/h2-10,13,20H,11-12H2,1H3. The number of nitrogens with one attached hydrogen (secondary N) is 1. The molecule has 1 N–H and O–H groups in total. The van der Waals surface area contributed by atoms with Gasteiger partial charge >= 0.3 is 0 Å². The second kappa shape index (κ2) is 6.54. The molecule has 0 saturated heterocycles. The van der Waals surface area contributed by atoms with Crippen LogP contribution in [0.1, 0.15) is 11.1 Å². The summed E-state index contributed by atoms with van der Waals surface area (Å²) in [5, 5.41) is 3.13. The summed E-state index contributed by atoms with van der Waals surface area (Å²) >= 11 is 0. The lowest BCUT2D eigenvalue weighted by atomic mass is 10.1. The Morgan fingerprint density at radius 2 is 1.91 bits per heavy atom. The second-order valence-electron chi connectivity index (χ2n) is 5.22. The highest BCUT2D eigenvalue weighted by atomic mass is 19.1. The number of nitrogens with zero attached hydrogens (tertiary/aromatic N) is 2. The van der Waals surface area contributed by atoms with Crippen molar-refractivity contribution in [3.8, 4) is 11.3 Å². The molecule has 112 valence electrons. The lowest BCUT2D eigenvalue weighted by Crippen LogP contribution is -2.04. The second-order valence-corrected chi connectivity index (χ2v) is 5.22. The highest BCUT2D eigenvalue weighted by Crippen LogP contribution is 2.25. The van der Waals surface area contributed by atoms with Gasteiger partial charge in [0.1, 0.15) is 0 Å². The average molecular weight is 295 g/mol. The molecule has 1 aromatic carbocycles. The Morgan fingerprint density at radius 1 is 1.09 bits per heavy atom. The predicted octanol–water partition coefficient (Wildman–Crippen LogP) is 3.46. The van der Waals surface area contributed by atoms with Crippen molar-refractivity contribution in [2.24, 2.45) is 0 Å². The fraction of sp³-hybridized carbons (Fsp3) is 0.167. The lowest BCUT2D eigenvalue weighted by molar-refractivity contribution is 0.585. The molecule has 0 atom stereocenters. The molecule has 4 heteroatoms. The fourth-order valence-corrected chi connectivity index (χ4v) is 2.59. The van der Waals surface area contributed by atoms with Crippen LogP contribution in [0.5, 0.6) is 0 Å². The van der Waals surface area contributed by atoms with Crippen molar-refractivity contribution in [1.29, 1.82) is 0 Å². The molecular formula is C18H18FN3. The minimum Gasteiger partial charge on any atom is -0.343 e. The molecule has 2 aromatic heterocycles. The maximum Gasteiger partial charge on any atom is 0.222 e. The van der Waals surface area contributed by atoms with Crippen molar-refractivity contribution < 1.29 is 4.39 Å². The molecule has 3 nitrogen and oxygen atoms in total. The van der Waals surface area contributed by atoms with Gasteiger partial charge in [0, 0.05) is 25.5 Å². The summed E-state index contributed by atoms with van der Waals surface area (Å²) in [5.41, 5.74) is 3.68. The van der Waals surface area contributed by atoms with Gasteiger partial charge in [-0.1, -0.05) is 30.3 Å². The van der Waals surface area contributed by atoms with Gasteiger partial charge in [-0.05, 0) is 36.4 Å². The first-order valence-electron chi connectivity index (χ1n) is 7.26. The Labute approximate surface area is 129 Å². The largest absolute Gasteiger partial charge is 0.343 e. The van der Waals surface area contributed by atoms with Gasteiger partial charge in [0.25, 0.3) is 0 Å². The first-order chi connectivity index (χ1) is 10.8. The number of benzene rings is 1. The Bertz CT molecular complexity index is 750. The Kier molecular flexibility index (Phi) is 4.30. The van der Waals surface area contributed by atoms with Gasteiger partial charge in [-0.3, -0.25) is 0 Å². The molecule has 3 rings (SSSR count). The van der Waals surface area contributed by atoms with Crippen molar-refractivity contribution in [1.82, 2.24) is 14.9 Å². The summed E-state index contributed by atoms with van der Waals surface area (Å²) < 4.78 is 16.1. The molecule has 2 heterocycles. The highest BCUT2D eigenvalue weighted by Gasteiger charge is 2.12. The molecule has 0 aliphatic carbocycles. The fourth-order valence-electron chi connectivity index (χ4n) is 2.59. The number of rotatable bonds is 5. The Balaban J connectivity index is 2.02. The van der Waals surface area contributed by atoms with Crippen LogP contribution in [-0.2, 0) is 13.1 Å². The van der Waals surface area contributed by atoms with E-state index >= 15 is 0 Å². The summed E-state index contributed by atoms with van der Waals surface area (Å²) in [6.45, 7) is 1.45. The molecule has 22 heavy (non-hydrogen) atoms. The summed E-state index contributed by atoms with van der Waals surface area (Å²) in [6, 6.07) is 15.7. The van der Waals surface area contributed by atoms with E-state index in [0.717, 1.165) is 17.8 Å². The van der Waals surface area contributed by atoms with E-state index in [1.807, 2.05) is 31.3 Å². The molecule has 3 aromatic rings. The molecule has 0 aliphatic rings. The normalized spacial score (nSPS) is 10.8. The number of hydrogen-bond acceptors (Lipinski definition) is 2. The first-order valence-corrected chi connectivity index (χ1v) is 7.26. The van der Waals surface area contributed by atoms with Crippen LogP contribution in [-0.4, -0.2) is 16.6 Å². The monoisotopic (exact) mass is 295 g/mol. The molecule has 0 saturated carbocycles. The van der Waals surface area contributed by atoms with Crippen LogP contribution in [0.25, 0.3) is 11.3 Å². The number of halogens is 1. The van der Waals surface area contributed by atoms with Gasteiger partial charge in [-0.25, -0.2) is 4.98 Å². The molecule has 0 bridgehead atoms. The van der Waals surface area contributed by atoms with E-state index in [0.29, 0.717) is 12.1 Å². The zero-order valence-corrected chi connectivity index (χ0v) is 12.5. The Hall–Kier alpha value is -2.46. The molecule has 0 fully saturated rings. The van der Waals surface area contributed by atoms with Crippen LogP contribution in [0.4, 0.5) is 4.39 Å². The third-order valence-corrected chi connectivity index (χ3v) is 3.56. The summed E-state index contributed by atoms with van der Waals surface area (Å²) in [6.07, 6.45) is 3.53. The molecule has 0 amide bonds. The summed E-state index contributed by atoms with van der Waals surface area (Å²) in [7, 11) is 1.90. The zero-order valence-electron chi connectivity index (χ0n) is 12.5. The van der Waals surface area contributed by atoms with Gasteiger partial charge in [-0.15, -0.1) is 0 Å². The van der Waals surface area contributed by atoms with Gasteiger partial charge in [-0.2, -0.15) is 4.39 Å². The van der Waals surface area contributed by atoms with Crippen LogP contribution in [0.2, 0.25) is 0 Å². The van der Waals surface area contributed by atoms with E-state index in [2.05, 4.69) is 33.2 Å². The smallest absolute Gasteiger partial charge is 0.222 e. The van der Waals surface area contributed by atoms with E-state index in [4.69, 9.17) is 0 Å². The van der Waals surface area contributed by atoms with Crippen LogP contribution in [0.15, 0.2) is 60.9 Å². The highest BCUT2D eigenvalue weighted by molar-refractivity contribution is 5.61. The van der Waals surface area contributed by atoms with Crippen molar-refractivity contribution in [3.05, 3.63) is 78.0 Å². The minimum absolute atomic E-state index is 0.439. The van der Waals surface area contributed by atoms with E-state index < -0.39 is 5.95 Å². The van der Waals surface area contributed by atoms with Crippen LogP contribution in [0, 0.1) is 5.95 Å². The predicted molar refractivity (Wildman–Crippen MR) is 85.9 cm³/mol. The third-order valence-electron chi connectivity index (χ3n) is 3.56.